The van der Waals surface area contributed by atoms with Crippen LogP contribution in [0.3, 0.4) is 0 Å². The molecule has 0 nitrogen and oxygen atoms in total. The Balaban J connectivity index is 0.000000170. The van der Waals surface area contributed by atoms with Gasteiger partial charge in [-0.2, -0.15) is 36.4 Å². The van der Waals surface area contributed by atoms with Crippen molar-refractivity contribution in [3.8, 4) is 0 Å². The topological polar surface area (TPSA) is 0 Å². The Hall–Kier alpha value is -3.94. The summed E-state index contributed by atoms with van der Waals surface area (Å²) < 4.78 is 0. The third kappa shape index (κ3) is 10.6. The molecule has 7 rings (SSSR count). The van der Waals surface area contributed by atoms with Crippen LogP contribution in [0.2, 0.25) is 0 Å². The van der Waals surface area contributed by atoms with Crippen molar-refractivity contribution in [2.24, 2.45) is 0 Å². The first-order chi connectivity index (χ1) is 21.9. The maximum atomic E-state index is 2.89. The van der Waals surface area contributed by atoms with Crippen LogP contribution in [0.15, 0.2) is 212 Å². The van der Waals surface area contributed by atoms with Crippen LogP contribution in [-0.4, -0.2) is 0 Å². The van der Waals surface area contributed by atoms with Gasteiger partial charge in [0.1, 0.15) is 0 Å². The van der Waals surface area contributed by atoms with Gasteiger partial charge in [-0.3, -0.25) is 0 Å². The summed E-state index contributed by atoms with van der Waals surface area (Å²) in [6, 6.07) is 77.2. The van der Waals surface area contributed by atoms with E-state index >= 15 is 0 Å². The van der Waals surface area contributed by atoms with E-state index < -0.39 is 15.8 Å². The Labute approximate surface area is 285 Å². The third-order valence-corrected chi connectivity index (χ3v) is 11.6. The van der Waals surface area contributed by atoms with Crippen LogP contribution in [0, 0.1) is 6.07 Å². The standard InChI is InChI=1S/2C18H15P.C6H5.Pd/c2*1-4-10-16(11-5-1)19(17-12-6-2-7-13-17)18-14-8-3-9-15-18;1-2-4-6-5-3-1;/h2*1-15H;1-5H;/q;;-1;. The first-order valence-electron chi connectivity index (χ1n) is 14.7. The fourth-order valence-electron chi connectivity index (χ4n) is 4.70. The van der Waals surface area contributed by atoms with Gasteiger partial charge in [0.2, 0.25) is 0 Å². The Morgan fingerprint density at radius 1 is 0.244 bits per heavy atom. The van der Waals surface area contributed by atoms with Gasteiger partial charge in [-0.05, 0) is 47.7 Å². The summed E-state index contributed by atoms with van der Waals surface area (Å²) >= 11 is 0. The second-order valence-corrected chi connectivity index (χ2v) is 14.2. The second-order valence-electron chi connectivity index (χ2n) is 9.76. The van der Waals surface area contributed by atoms with Crippen LogP contribution in [-0.2, 0) is 20.4 Å². The van der Waals surface area contributed by atoms with Gasteiger partial charge >= 0.3 is 0 Å². The minimum absolute atomic E-state index is 0. The molecule has 0 bridgehead atoms. The van der Waals surface area contributed by atoms with E-state index in [1.165, 1.54) is 31.8 Å². The molecular weight excluding hydrogens is 673 g/mol. The zero-order valence-corrected chi connectivity index (χ0v) is 28.3. The van der Waals surface area contributed by atoms with Crippen LogP contribution in [0.25, 0.3) is 0 Å². The van der Waals surface area contributed by atoms with Gasteiger partial charge in [0.25, 0.3) is 0 Å². The molecule has 7 aromatic rings. The monoisotopic (exact) mass is 707 g/mol. The predicted molar refractivity (Wildman–Crippen MR) is 196 cm³/mol. The van der Waals surface area contributed by atoms with Gasteiger partial charge in [-0.15, -0.1) is 0 Å². The Morgan fingerprint density at radius 2 is 0.422 bits per heavy atom. The number of benzene rings is 7. The molecule has 0 amide bonds. The Morgan fingerprint density at radius 3 is 0.556 bits per heavy atom. The number of hydrogen-bond donors (Lipinski definition) is 0. The van der Waals surface area contributed by atoms with Crippen molar-refractivity contribution >= 4 is 47.7 Å². The maximum absolute atomic E-state index is 2.89. The number of hydrogen-bond acceptors (Lipinski definition) is 0. The molecule has 0 heterocycles. The number of rotatable bonds is 6. The first kappa shape index (κ1) is 33.9. The minimum Gasteiger partial charge on any atom is -0.184 e. The molecule has 0 atom stereocenters. The quantitative estimate of drug-likeness (QED) is 0.0926. The molecule has 0 spiro atoms. The van der Waals surface area contributed by atoms with Crippen molar-refractivity contribution in [1.29, 1.82) is 0 Å². The van der Waals surface area contributed by atoms with Gasteiger partial charge in [0, 0.05) is 20.4 Å². The summed E-state index contributed by atoms with van der Waals surface area (Å²) in [4.78, 5) is 0. The van der Waals surface area contributed by atoms with E-state index in [4.69, 9.17) is 0 Å². The van der Waals surface area contributed by atoms with E-state index in [1.807, 2.05) is 30.3 Å². The van der Waals surface area contributed by atoms with Crippen molar-refractivity contribution in [2.45, 2.75) is 0 Å². The molecule has 0 unspecified atom stereocenters. The molecule has 0 aliphatic carbocycles. The summed E-state index contributed by atoms with van der Waals surface area (Å²) in [6.07, 6.45) is 0. The molecular formula is C42H35P2Pd-. The maximum Gasteiger partial charge on any atom is 0 e. The molecule has 0 radical (unpaired) electrons. The average Bonchev–Trinajstić information content (AvgIpc) is 3.13. The first-order valence-corrected chi connectivity index (χ1v) is 17.4. The summed E-state index contributed by atoms with van der Waals surface area (Å²) in [5, 5.41) is 8.39. The summed E-state index contributed by atoms with van der Waals surface area (Å²) in [5.41, 5.74) is 0. The van der Waals surface area contributed by atoms with Crippen LogP contribution in [0.4, 0.5) is 0 Å². The van der Waals surface area contributed by atoms with Crippen LogP contribution < -0.4 is 31.8 Å². The van der Waals surface area contributed by atoms with Gasteiger partial charge in [0.15, 0.2) is 0 Å². The minimum atomic E-state index is -0.446. The van der Waals surface area contributed by atoms with Crippen molar-refractivity contribution in [3.05, 3.63) is 218 Å². The van der Waals surface area contributed by atoms with Crippen molar-refractivity contribution < 1.29 is 20.4 Å². The smallest absolute Gasteiger partial charge is 0 e. The van der Waals surface area contributed by atoms with E-state index in [-0.39, 0.29) is 20.4 Å². The molecule has 3 heteroatoms. The third-order valence-electron chi connectivity index (χ3n) is 6.69. The molecule has 0 aliphatic heterocycles. The molecule has 7 aromatic carbocycles. The zero-order valence-electron chi connectivity index (χ0n) is 24.9. The summed E-state index contributed by atoms with van der Waals surface area (Å²) in [6.45, 7) is 0. The van der Waals surface area contributed by atoms with Crippen molar-refractivity contribution in [2.75, 3.05) is 0 Å². The molecule has 224 valence electrons. The summed E-state index contributed by atoms with van der Waals surface area (Å²) in [7, 11) is -0.892. The van der Waals surface area contributed by atoms with Gasteiger partial charge in [0.05, 0.1) is 0 Å². The zero-order chi connectivity index (χ0) is 30.1. The van der Waals surface area contributed by atoms with Gasteiger partial charge in [-0.25, -0.2) is 0 Å². The molecule has 0 aromatic heterocycles. The Kier molecular flexibility index (Phi) is 14.7. The van der Waals surface area contributed by atoms with E-state index in [0.29, 0.717) is 0 Å². The SMILES string of the molecule is [Pd].[c-]1ccccc1.c1ccc(P(c2ccccc2)c2ccccc2)cc1.c1ccc(P(c2ccccc2)c2ccccc2)cc1. The molecule has 0 saturated carbocycles. The second kappa shape index (κ2) is 19.4. The van der Waals surface area contributed by atoms with E-state index in [1.54, 1.807) is 0 Å². The van der Waals surface area contributed by atoms with Crippen LogP contribution >= 0.6 is 15.8 Å². The molecule has 0 fully saturated rings. The van der Waals surface area contributed by atoms with Crippen molar-refractivity contribution in [1.82, 2.24) is 0 Å². The molecule has 45 heavy (non-hydrogen) atoms. The van der Waals surface area contributed by atoms with E-state index in [9.17, 15) is 0 Å². The fourth-order valence-corrected chi connectivity index (χ4v) is 9.31. The van der Waals surface area contributed by atoms with Crippen LogP contribution in [0.5, 0.6) is 0 Å². The van der Waals surface area contributed by atoms with E-state index in [0.717, 1.165) is 0 Å². The molecule has 0 aliphatic rings. The van der Waals surface area contributed by atoms with Gasteiger partial charge in [-0.1, -0.05) is 182 Å². The predicted octanol–water partition coefficient (Wildman–Crippen LogP) is 8.37. The van der Waals surface area contributed by atoms with E-state index in [2.05, 4.69) is 188 Å². The van der Waals surface area contributed by atoms with Crippen LogP contribution in [0.1, 0.15) is 0 Å². The van der Waals surface area contributed by atoms with Gasteiger partial charge < -0.3 is 0 Å². The van der Waals surface area contributed by atoms with Crippen molar-refractivity contribution in [3.63, 3.8) is 0 Å². The largest absolute Gasteiger partial charge is 0.184 e. The molecule has 0 N–H and O–H groups in total. The Bertz CT molecular complexity index is 1390. The normalized spacial score (nSPS) is 10.0. The fraction of sp³-hybridized carbons (Fsp3) is 0. The summed E-state index contributed by atoms with van der Waals surface area (Å²) in [5.74, 6) is 0. The molecule has 0 saturated heterocycles. The average molecular weight is 708 g/mol.